The highest BCUT2D eigenvalue weighted by Gasteiger charge is 2.10. The van der Waals surface area contributed by atoms with Gasteiger partial charge in [0.15, 0.2) is 0 Å². The van der Waals surface area contributed by atoms with Crippen molar-refractivity contribution in [3.8, 4) is 11.5 Å². The number of hydrogen-bond donors (Lipinski definition) is 2. The molecule has 2 N–H and O–H groups in total. The van der Waals surface area contributed by atoms with E-state index in [1.165, 1.54) is 23.3 Å². The maximum absolute atomic E-state index is 9.79. The van der Waals surface area contributed by atoms with Crippen LogP contribution in [0.15, 0.2) is 41.5 Å². The van der Waals surface area contributed by atoms with Crippen LogP contribution < -0.4 is 0 Å². The van der Waals surface area contributed by atoms with E-state index < -0.39 is 0 Å². The van der Waals surface area contributed by atoms with Crippen molar-refractivity contribution in [3.05, 3.63) is 47.1 Å². The van der Waals surface area contributed by atoms with Crippen molar-refractivity contribution in [2.75, 3.05) is 0 Å². The van der Waals surface area contributed by atoms with Gasteiger partial charge in [-0.1, -0.05) is 39.2 Å². The molecule has 19 heavy (non-hydrogen) atoms. The van der Waals surface area contributed by atoms with Crippen LogP contribution in [-0.2, 0) is 0 Å². The Hall–Kier alpha value is -1.22. The minimum atomic E-state index is -0.0914. The number of rotatable bonds is 5. The average Bonchev–Trinajstić information content (AvgIpc) is 2.31. The van der Waals surface area contributed by atoms with Gasteiger partial charge >= 0.3 is 0 Å². The molecule has 1 aromatic carbocycles. The maximum atomic E-state index is 9.79. The van der Waals surface area contributed by atoms with Crippen molar-refractivity contribution < 1.29 is 10.2 Å². The summed E-state index contributed by atoms with van der Waals surface area (Å²) in [6.45, 7) is 6.27. The quantitative estimate of drug-likeness (QED) is 0.442. The number of allylic oxidation sites excluding steroid dienone is 4. The molecule has 0 aromatic heterocycles. The zero-order chi connectivity index (χ0) is 14.4. The van der Waals surface area contributed by atoms with Crippen LogP contribution >= 0.6 is 15.9 Å². The molecule has 0 aliphatic carbocycles. The van der Waals surface area contributed by atoms with Gasteiger partial charge in [0.2, 0.25) is 0 Å². The molecule has 0 saturated heterocycles. The van der Waals surface area contributed by atoms with E-state index in [4.69, 9.17) is 0 Å². The molecule has 0 fully saturated rings. The van der Waals surface area contributed by atoms with Gasteiger partial charge in [0, 0.05) is 5.56 Å². The van der Waals surface area contributed by atoms with Gasteiger partial charge in [-0.2, -0.15) is 0 Å². The Morgan fingerprint density at radius 1 is 1.26 bits per heavy atom. The first kappa shape index (κ1) is 15.8. The summed E-state index contributed by atoms with van der Waals surface area (Å²) in [6.07, 6.45) is 6.29. The number of benzene rings is 1. The minimum absolute atomic E-state index is 0.0914. The summed E-state index contributed by atoms with van der Waals surface area (Å²) in [5.74, 6) is 0.348. The third kappa shape index (κ3) is 5.52. The van der Waals surface area contributed by atoms with Gasteiger partial charge < -0.3 is 10.2 Å². The SMILES string of the molecule is CC(C)=CCC/C(C)=C/C(Br)c1cc(O)ccc1O. The lowest BCUT2D eigenvalue weighted by Gasteiger charge is -2.10. The third-order valence-corrected chi connectivity index (χ3v) is 3.59. The van der Waals surface area contributed by atoms with E-state index in [1.54, 1.807) is 6.07 Å². The first-order valence-electron chi connectivity index (χ1n) is 6.36. The average molecular weight is 325 g/mol. The molecular formula is C16H21BrO2. The van der Waals surface area contributed by atoms with Gasteiger partial charge in [0.05, 0.1) is 4.83 Å². The van der Waals surface area contributed by atoms with Crippen molar-refractivity contribution in [2.45, 2.75) is 38.4 Å². The highest BCUT2D eigenvalue weighted by atomic mass is 79.9. The van der Waals surface area contributed by atoms with Crippen LogP contribution in [0.1, 0.15) is 44.0 Å². The monoisotopic (exact) mass is 324 g/mol. The Morgan fingerprint density at radius 2 is 1.95 bits per heavy atom. The van der Waals surface area contributed by atoms with E-state index in [0.717, 1.165) is 12.8 Å². The van der Waals surface area contributed by atoms with Crippen LogP contribution in [0.5, 0.6) is 11.5 Å². The lowest BCUT2D eigenvalue weighted by Crippen LogP contribution is -1.89. The predicted molar refractivity (Wildman–Crippen MR) is 83.9 cm³/mol. The molecule has 2 nitrogen and oxygen atoms in total. The molecule has 0 spiro atoms. The molecule has 1 unspecified atom stereocenters. The number of phenols is 2. The van der Waals surface area contributed by atoms with Crippen molar-refractivity contribution >= 4 is 15.9 Å². The molecule has 1 atom stereocenters. The Balaban J connectivity index is 2.74. The van der Waals surface area contributed by atoms with Gasteiger partial charge in [-0.15, -0.1) is 0 Å². The number of halogens is 1. The molecule has 1 rings (SSSR count). The predicted octanol–water partition coefficient (Wildman–Crippen LogP) is 5.23. The van der Waals surface area contributed by atoms with Gasteiger partial charge in [-0.3, -0.25) is 0 Å². The van der Waals surface area contributed by atoms with E-state index in [1.807, 2.05) is 0 Å². The maximum Gasteiger partial charge on any atom is 0.120 e. The Labute approximate surface area is 123 Å². The molecule has 0 amide bonds. The fourth-order valence-corrected chi connectivity index (χ4v) is 2.59. The summed E-state index contributed by atoms with van der Waals surface area (Å²) in [5.41, 5.74) is 3.26. The topological polar surface area (TPSA) is 40.5 Å². The summed E-state index contributed by atoms with van der Waals surface area (Å²) < 4.78 is 0. The summed E-state index contributed by atoms with van der Waals surface area (Å²) in [4.78, 5) is -0.0914. The second-order valence-corrected chi connectivity index (χ2v) is 5.96. The molecule has 1 aromatic rings. The number of aromatic hydroxyl groups is 2. The standard InChI is InChI=1S/C16H21BrO2/c1-11(2)5-4-6-12(3)9-15(17)14-10-13(18)7-8-16(14)19/h5,7-10,15,18-19H,4,6H2,1-3H3/b12-9+. The van der Waals surface area contributed by atoms with Crippen LogP contribution in [0.2, 0.25) is 0 Å². The summed E-state index contributed by atoms with van der Waals surface area (Å²) in [7, 11) is 0. The first-order chi connectivity index (χ1) is 8.90. The van der Waals surface area contributed by atoms with Gasteiger partial charge in [-0.25, -0.2) is 0 Å². The Kier molecular flexibility index (Phi) is 6.16. The van der Waals surface area contributed by atoms with E-state index in [0.29, 0.717) is 5.56 Å². The smallest absolute Gasteiger partial charge is 0.120 e. The van der Waals surface area contributed by atoms with Crippen LogP contribution in [0.4, 0.5) is 0 Å². The normalized spacial score (nSPS) is 13.2. The minimum Gasteiger partial charge on any atom is -0.508 e. The lowest BCUT2D eigenvalue weighted by molar-refractivity contribution is 0.455. The zero-order valence-corrected chi connectivity index (χ0v) is 13.2. The molecule has 0 radical (unpaired) electrons. The Morgan fingerprint density at radius 3 is 2.58 bits per heavy atom. The molecule has 0 aliphatic rings. The van der Waals surface area contributed by atoms with Gasteiger partial charge in [0.25, 0.3) is 0 Å². The highest BCUT2D eigenvalue weighted by molar-refractivity contribution is 9.09. The molecule has 0 saturated carbocycles. The first-order valence-corrected chi connectivity index (χ1v) is 7.28. The van der Waals surface area contributed by atoms with Crippen molar-refractivity contribution in [2.24, 2.45) is 0 Å². The van der Waals surface area contributed by atoms with Crippen molar-refractivity contribution in [3.63, 3.8) is 0 Å². The number of hydrogen-bond acceptors (Lipinski definition) is 2. The molecule has 0 bridgehead atoms. The molecule has 0 aliphatic heterocycles. The molecular weight excluding hydrogens is 304 g/mol. The summed E-state index contributed by atoms with van der Waals surface area (Å²) in [5, 5.41) is 19.2. The van der Waals surface area contributed by atoms with Crippen LogP contribution in [-0.4, -0.2) is 10.2 Å². The number of phenolic OH excluding ortho intramolecular Hbond substituents is 2. The van der Waals surface area contributed by atoms with E-state index in [9.17, 15) is 10.2 Å². The van der Waals surface area contributed by atoms with Gasteiger partial charge in [-0.05, 0) is 51.8 Å². The molecule has 3 heteroatoms. The van der Waals surface area contributed by atoms with E-state index >= 15 is 0 Å². The Bertz CT molecular complexity index is 486. The van der Waals surface area contributed by atoms with Crippen molar-refractivity contribution in [1.29, 1.82) is 0 Å². The van der Waals surface area contributed by atoms with Crippen LogP contribution in [0, 0.1) is 0 Å². The zero-order valence-electron chi connectivity index (χ0n) is 11.7. The second-order valence-electron chi connectivity index (χ2n) is 4.98. The number of alkyl halides is 1. The second kappa shape index (κ2) is 7.39. The van der Waals surface area contributed by atoms with E-state index in [-0.39, 0.29) is 16.3 Å². The highest BCUT2D eigenvalue weighted by Crippen LogP contribution is 2.35. The summed E-state index contributed by atoms with van der Waals surface area (Å²) >= 11 is 3.53. The van der Waals surface area contributed by atoms with Crippen molar-refractivity contribution in [1.82, 2.24) is 0 Å². The lowest BCUT2D eigenvalue weighted by atomic mass is 10.1. The molecule has 104 valence electrons. The third-order valence-electron chi connectivity index (χ3n) is 2.83. The summed E-state index contributed by atoms with van der Waals surface area (Å²) in [6, 6.07) is 4.56. The van der Waals surface area contributed by atoms with E-state index in [2.05, 4.69) is 48.9 Å². The molecule has 0 heterocycles. The fourth-order valence-electron chi connectivity index (χ4n) is 1.77. The van der Waals surface area contributed by atoms with Crippen LogP contribution in [0.3, 0.4) is 0 Å². The van der Waals surface area contributed by atoms with Crippen LogP contribution in [0.25, 0.3) is 0 Å². The largest absolute Gasteiger partial charge is 0.508 e. The fraction of sp³-hybridized carbons (Fsp3) is 0.375. The van der Waals surface area contributed by atoms with Gasteiger partial charge in [0.1, 0.15) is 11.5 Å².